The first-order valence-corrected chi connectivity index (χ1v) is 4.82. The Kier molecular flexibility index (Phi) is 3.35. The van der Waals surface area contributed by atoms with Crippen molar-refractivity contribution in [3.8, 4) is 0 Å². The third-order valence-corrected chi connectivity index (χ3v) is 2.60. The van der Waals surface area contributed by atoms with Crippen LogP contribution in [0.5, 0.6) is 0 Å². The van der Waals surface area contributed by atoms with Gasteiger partial charge < -0.3 is 4.79 Å². The molecule has 74 valence electrons. The summed E-state index contributed by atoms with van der Waals surface area (Å²) in [5.74, 6) is 0. The molecule has 0 spiro atoms. The van der Waals surface area contributed by atoms with Gasteiger partial charge in [0.1, 0.15) is 6.29 Å². The molecule has 0 saturated heterocycles. The van der Waals surface area contributed by atoms with Crippen LogP contribution in [-0.4, -0.2) is 11.2 Å². The summed E-state index contributed by atoms with van der Waals surface area (Å²) in [4.78, 5) is 20.1. The maximum absolute atomic E-state index is 10.5. The zero-order valence-corrected chi connectivity index (χ0v) is 9.02. The number of alkyl halides is 1. The van der Waals surface area contributed by atoms with Crippen LogP contribution in [-0.2, 0) is 4.79 Å². The number of benzene rings is 1. The van der Waals surface area contributed by atoms with Crippen LogP contribution in [0.2, 0.25) is 0 Å². The van der Waals surface area contributed by atoms with Crippen LogP contribution in [0.3, 0.4) is 0 Å². The summed E-state index contributed by atoms with van der Waals surface area (Å²) in [5, 5.41) is 10.5. The lowest BCUT2D eigenvalue weighted by atomic mass is 10.1. The van der Waals surface area contributed by atoms with E-state index in [1.54, 1.807) is 19.1 Å². The molecule has 0 fully saturated rings. The Morgan fingerprint density at radius 2 is 2.21 bits per heavy atom. The molecular weight excluding hydrogens is 250 g/mol. The summed E-state index contributed by atoms with van der Waals surface area (Å²) in [6.07, 6.45) is 0.737. The summed E-state index contributed by atoms with van der Waals surface area (Å²) >= 11 is 3.14. The van der Waals surface area contributed by atoms with Crippen LogP contribution in [0.4, 0.5) is 5.69 Å². The van der Waals surface area contributed by atoms with Gasteiger partial charge >= 0.3 is 0 Å². The fourth-order valence-electron chi connectivity index (χ4n) is 1.13. The summed E-state index contributed by atoms with van der Waals surface area (Å²) in [6.45, 7) is 1.64. The van der Waals surface area contributed by atoms with E-state index in [1.165, 1.54) is 6.07 Å². The predicted octanol–water partition coefficient (Wildman–Crippen LogP) is 2.54. The van der Waals surface area contributed by atoms with Gasteiger partial charge in [0, 0.05) is 11.6 Å². The Morgan fingerprint density at radius 1 is 1.57 bits per heavy atom. The Balaban J connectivity index is 3.12. The van der Waals surface area contributed by atoms with Crippen LogP contribution in [0, 0.1) is 17.0 Å². The van der Waals surface area contributed by atoms with Gasteiger partial charge in [-0.15, -0.1) is 0 Å². The minimum atomic E-state index is -0.441. The highest BCUT2D eigenvalue weighted by molar-refractivity contribution is 9.09. The number of aryl methyl sites for hydroxylation is 1. The second-order valence-electron chi connectivity index (χ2n) is 2.84. The molecule has 14 heavy (non-hydrogen) atoms. The standard InChI is InChI=1S/C9H8BrNO3/c1-6-4-7(8(10)5-12)2-3-9(6)11(13)14/h2-5,8H,1H3. The first-order valence-electron chi connectivity index (χ1n) is 3.90. The second kappa shape index (κ2) is 4.32. The van der Waals surface area contributed by atoms with E-state index in [0.717, 1.165) is 11.8 Å². The van der Waals surface area contributed by atoms with Gasteiger partial charge in [0.2, 0.25) is 0 Å². The van der Waals surface area contributed by atoms with E-state index in [9.17, 15) is 14.9 Å². The number of rotatable bonds is 3. The molecule has 1 atom stereocenters. The molecule has 0 aliphatic rings. The van der Waals surface area contributed by atoms with Gasteiger partial charge in [-0.1, -0.05) is 22.0 Å². The highest BCUT2D eigenvalue weighted by atomic mass is 79.9. The number of nitrogens with zero attached hydrogens (tertiary/aromatic N) is 1. The van der Waals surface area contributed by atoms with Crippen molar-refractivity contribution >= 4 is 27.9 Å². The van der Waals surface area contributed by atoms with E-state index >= 15 is 0 Å². The molecular formula is C9H8BrNO3. The van der Waals surface area contributed by atoms with Crippen LogP contribution >= 0.6 is 15.9 Å². The van der Waals surface area contributed by atoms with Crippen molar-refractivity contribution in [1.82, 2.24) is 0 Å². The highest BCUT2D eigenvalue weighted by Gasteiger charge is 2.13. The molecule has 1 unspecified atom stereocenters. The lowest BCUT2D eigenvalue weighted by Gasteiger charge is -2.03. The molecule has 0 amide bonds. The number of nitro benzene ring substituents is 1. The quantitative estimate of drug-likeness (QED) is 0.362. The molecule has 1 aromatic carbocycles. The van der Waals surface area contributed by atoms with E-state index in [4.69, 9.17) is 0 Å². The van der Waals surface area contributed by atoms with Gasteiger partial charge in [-0.05, 0) is 18.6 Å². The Hall–Kier alpha value is -1.23. The number of hydrogen-bond donors (Lipinski definition) is 0. The predicted molar refractivity (Wildman–Crippen MR) is 55.6 cm³/mol. The van der Waals surface area contributed by atoms with Crippen molar-refractivity contribution in [1.29, 1.82) is 0 Å². The number of nitro groups is 1. The number of aldehydes is 1. The zero-order chi connectivity index (χ0) is 10.7. The Morgan fingerprint density at radius 3 is 2.64 bits per heavy atom. The lowest BCUT2D eigenvalue weighted by Crippen LogP contribution is -1.95. The third-order valence-electron chi connectivity index (χ3n) is 1.86. The number of halogens is 1. The first-order chi connectivity index (χ1) is 6.56. The van der Waals surface area contributed by atoms with Gasteiger partial charge in [0.05, 0.1) is 9.75 Å². The molecule has 1 aromatic rings. The van der Waals surface area contributed by atoms with Crippen molar-refractivity contribution in [2.24, 2.45) is 0 Å². The SMILES string of the molecule is Cc1cc(C(Br)C=O)ccc1[N+](=O)[O-]. The van der Waals surface area contributed by atoms with E-state index in [0.29, 0.717) is 5.56 Å². The summed E-state index contributed by atoms with van der Waals surface area (Å²) in [6, 6.07) is 4.60. The Labute approximate surface area is 89.2 Å². The summed E-state index contributed by atoms with van der Waals surface area (Å²) in [7, 11) is 0. The van der Waals surface area contributed by atoms with Gasteiger partial charge in [-0.3, -0.25) is 10.1 Å². The molecule has 0 aromatic heterocycles. The highest BCUT2D eigenvalue weighted by Crippen LogP contribution is 2.25. The largest absolute Gasteiger partial charge is 0.302 e. The molecule has 0 bridgehead atoms. The average molecular weight is 258 g/mol. The van der Waals surface area contributed by atoms with Crippen molar-refractivity contribution < 1.29 is 9.72 Å². The first kappa shape index (κ1) is 10.8. The molecule has 0 heterocycles. The van der Waals surface area contributed by atoms with Gasteiger partial charge in [0.25, 0.3) is 5.69 Å². The van der Waals surface area contributed by atoms with Crippen molar-refractivity contribution in [2.45, 2.75) is 11.8 Å². The minimum Gasteiger partial charge on any atom is -0.302 e. The maximum Gasteiger partial charge on any atom is 0.272 e. The molecule has 1 rings (SSSR count). The molecule has 0 N–H and O–H groups in total. The fourth-order valence-corrected chi connectivity index (χ4v) is 1.42. The van der Waals surface area contributed by atoms with E-state index in [-0.39, 0.29) is 5.69 Å². The van der Waals surface area contributed by atoms with Gasteiger partial charge in [-0.25, -0.2) is 0 Å². The molecule has 5 heteroatoms. The van der Waals surface area contributed by atoms with Crippen molar-refractivity contribution in [2.75, 3.05) is 0 Å². The zero-order valence-electron chi connectivity index (χ0n) is 7.44. The molecule has 0 aliphatic heterocycles. The second-order valence-corrected chi connectivity index (χ2v) is 3.83. The summed E-state index contributed by atoms with van der Waals surface area (Å²) < 4.78 is 0. The summed E-state index contributed by atoms with van der Waals surface area (Å²) in [5.41, 5.74) is 1.35. The van der Waals surface area contributed by atoms with Crippen molar-refractivity contribution in [3.05, 3.63) is 39.4 Å². The number of carbonyl (C=O) groups is 1. The van der Waals surface area contributed by atoms with E-state index in [2.05, 4.69) is 15.9 Å². The van der Waals surface area contributed by atoms with Gasteiger partial charge in [0.15, 0.2) is 0 Å². The minimum absolute atomic E-state index is 0.0688. The molecule has 0 aliphatic carbocycles. The third kappa shape index (κ3) is 2.17. The van der Waals surface area contributed by atoms with Crippen molar-refractivity contribution in [3.63, 3.8) is 0 Å². The molecule has 0 radical (unpaired) electrons. The molecule has 0 saturated carbocycles. The fraction of sp³-hybridized carbons (Fsp3) is 0.222. The Bertz CT molecular complexity index is 378. The monoisotopic (exact) mass is 257 g/mol. The maximum atomic E-state index is 10.5. The number of hydrogen-bond acceptors (Lipinski definition) is 3. The lowest BCUT2D eigenvalue weighted by molar-refractivity contribution is -0.385. The van der Waals surface area contributed by atoms with Crippen LogP contribution in [0.15, 0.2) is 18.2 Å². The normalized spacial score (nSPS) is 12.1. The van der Waals surface area contributed by atoms with E-state index < -0.39 is 9.75 Å². The van der Waals surface area contributed by atoms with Crippen LogP contribution in [0.25, 0.3) is 0 Å². The average Bonchev–Trinajstić information content (AvgIpc) is 2.15. The smallest absolute Gasteiger partial charge is 0.272 e. The van der Waals surface area contributed by atoms with Crippen LogP contribution in [0.1, 0.15) is 16.0 Å². The van der Waals surface area contributed by atoms with E-state index in [1.807, 2.05) is 0 Å². The van der Waals surface area contributed by atoms with Crippen LogP contribution < -0.4 is 0 Å². The molecule has 4 nitrogen and oxygen atoms in total. The topological polar surface area (TPSA) is 60.2 Å². The number of carbonyl (C=O) groups excluding carboxylic acids is 1. The van der Waals surface area contributed by atoms with Gasteiger partial charge in [-0.2, -0.15) is 0 Å².